The van der Waals surface area contributed by atoms with Crippen LogP contribution in [0.25, 0.3) is 11.2 Å². The third-order valence-electron chi connectivity index (χ3n) is 4.99. The van der Waals surface area contributed by atoms with Crippen LogP contribution in [0.1, 0.15) is 33.7 Å². The Kier molecular flexibility index (Phi) is 8.85. The predicted octanol–water partition coefficient (Wildman–Crippen LogP) is 3.19. The number of anilines is 3. The Morgan fingerprint density at radius 1 is 1.29 bits per heavy atom. The van der Waals surface area contributed by atoms with Gasteiger partial charge in [0.05, 0.1) is 19.0 Å². The quantitative estimate of drug-likeness (QED) is 0.237. The highest BCUT2D eigenvalue weighted by Gasteiger charge is 2.34. The highest BCUT2D eigenvalue weighted by molar-refractivity contribution is 7.82. The van der Waals surface area contributed by atoms with Crippen LogP contribution >= 0.6 is 27.2 Å². The van der Waals surface area contributed by atoms with Crippen molar-refractivity contribution in [1.82, 2.24) is 19.5 Å². The fraction of sp³-hybridized carbons (Fsp3) is 0.400. The van der Waals surface area contributed by atoms with Crippen LogP contribution in [0.15, 0.2) is 30.6 Å². The van der Waals surface area contributed by atoms with Gasteiger partial charge in [-0.1, -0.05) is 31.5 Å². The Hall–Kier alpha value is -2.14. The highest BCUT2D eigenvalue weighted by atomic mass is 35.5. The van der Waals surface area contributed by atoms with Crippen LogP contribution in [-0.2, 0) is 9.30 Å². The molecule has 3 rings (SSSR count). The maximum Gasteiger partial charge on any atom is 0.425 e. The highest BCUT2D eigenvalue weighted by Crippen LogP contribution is 2.42. The average molecular weight is 545 g/mol. The molecule has 0 radical (unpaired) electrons. The third kappa shape index (κ3) is 6.97. The van der Waals surface area contributed by atoms with E-state index in [1.54, 1.807) is 24.5 Å². The molecule has 0 saturated carbocycles. The van der Waals surface area contributed by atoms with Gasteiger partial charge in [0.1, 0.15) is 0 Å². The number of halogens is 1. The second kappa shape index (κ2) is 11.3. The number of imidazole rings is 1. The lowest BCUT2D eigenvalue weighted by molar-refractivity contribution is -0.168. The maximum atomic E-state index is 11.5. The fourth-order valence-electron chi connectivity index (χ4n) is 3.13. The number of ether oxygens (including phenoxy) is 1. The van der Waals surface area contributed by atoms with Crippen LogP contribution in [-0.4, -0.2) is 52.1 Å². The minimum Gasteiger partial charge on any atom is -0.601 e. The SMILES string of the molecule is CC(C)C(CO/C(=[P+](\[O-])O)P(=O)(O)O)Nc1nc(Nc2cccc(Cl)c2)c2ncn(C(C)C)c2n1. The molecular formula is C20H27ClN6O6P2. The molecule has 35 heavy (non-hydrogen) atoms. The molecule has 0 fully saturated rings. The van der Waals surface area contributed by atoms with Crippen LogP contribution < -0.4 is 15.5 Å². The molecule has 3 aromatic rings. The van der Waals surface area contributed by atoms with E-state index in [0.29, 0.717) is 27.7 Å². The van der Waals surface area contributed by atoms with Crippen molar-refractivity contribution >= 4 is 61.0 Å². The van der Waals surface area contributed by atoms with E-state index >= 15 is 0 Å². The summed E-state index contributed by atoms with van der Waals surface area (Å²) in [6.45, 7) is 7.36. The van der Waals surface area contributed by atoms with E-state index in [2.05, 4.69) is 25.6 Å². The first-order valence-electron chi connectivity index (χ1n) is 10.6. The molecule has 0 aliphatic heterocycles. The van der Waals surface area contributed by atoms with E-state index in [0.717, 1.165) is 0 Å². The Morgan fingerprint density at radius 2 is 2.00 bits per heavy atom. The molecule has 2 aromatic heterocycles. The van der Waals surface area contributed by atoms with Crippen LogP contribution in [0.3, 0.4) is 0 Å². The van der Waals surface area contributed by atoms with Gasteiger partial charge >= 0.3 is 12.8 Å². The van der Waals surface area contributed by atoms with Crippen molar-refractivity contribution in [2.75, 3.05) is 17.2 Å². The average Bonchev–Trinajstić information content (AvgIpc) is 3.16. The molecule has 12 nitrogen and oxygen atoms in total. The number of fused-ring (bicyclic) bond motifs is 1. The minimum absolute atomic E-state index is 0.0623. The Bertz CT molecular complexity index is 1270. The summed E-state index contributed by atoms with van der Waals surface area (Å²) in [6.07, 6.45) is 1.67. The van der Waals surface area contributed by atoms with Crippen molar-refractivity contribution in [3.63, 3.8) is 0 Å². The molecule has 0 aliphatic rings. The predicted molar refractivity (Wildman–Crippen MR) is 135 cm³/mol. The van der Waals surface area contributed by atoms with E-state index in [9.17, 15) is 24.1 Å². The first-order valence-corrected chi connectivity index (χ1v) is 13.8. The maximum absolute atomic E-state index is 11.5. The molecule has 2 heterocycles. The van der Waals surface area contributed by atoms with E-state index in [1.807, 2.05) is 38.3 Å². The van der Waals surface area contributed by atoms with Crippen molar-refractivity contribution in [2.24, 2.45) is 5.92 Å². The molecule has 190 valence electrons. The lowest BCUT2D eigenvalue weighted by atomic mass is 10.1. The second-order valence-corrected chi connectivity index (χ2v) is 11.6. The number of benzene rings is 1. The normalized spacial score (nSPS) is 13.9. The van der Waals surface area contributed by atoms with Gasteiger partial charge in [-0.2, -0.15) is 14.9 Å². The number of hydrogen-bond donors (Lipinski definition) is 5. The monoisotopic (exact) mass is 544 g/mol. The van der Waals surface area contributed by atoms with Gasteiger partial charge in [0.25, 0.3) is 8.00 Å². The Labute approximate surface area is 208 Å². The van der Waals surface area contributed by atoms with Gasteiger partial charge < -0.3 is 34.6 Å². The van der Waals surface area contributed by atoms with Crippen LogP contribution in [0.2, 0.25) is 5.02 Å². The van der Waals surface area contributed by atoms with Crippen molar-refractivity contribution in [3.05, 3.63) is 35.6 Å². The summed E-state index contributed by atoms with van der Waals surface area (Å²) in [4.78, 5) is 52.8. The second-order valence-electron chi connectivity index (χ2n) is 8.35. The molecule has 2 atom stereocenters. The molecule has 1 aromatic carbocycles. The number of hydrogen-bond acceptors (Lipinski definition) is 9. The van der Waals surface area contributed by atoms with Gasteiger partial charge in [-0.05, 0) is 38.0 Å². The fourth-order valence-corrected chi connectivity index (χ4v) is 4.64. The van der Waals surface area contributed by atoms with Gasteiger partial charge in [0.2, 0.25) is 5.95 Å². The molecule has 5 N–H and O–H groups in total. The number of nitrogens with one attached hydrogen (secondary N) is 2. The molecule has 0 saturated heterocycles. The molecule has 0 amide bonds. The van der Waals surface area contributed by atoms with Gasteiger partial charge in [0, 0.05) is 16.8 Å². The smallest absolute Gasteiger partial charge is 0.425 e. The van der Waals surface area contributed by atoms with Crippen LogP contribution in [0.5, 0.6) is 0 Å². The number of nitrogens with zero attached hydrogens (tertiary/aromatic N) is 4. The van der Waals surface area contributed by atoms with E-state index in [-0.39, 0.29) is 24.5 Å². The molecule has 15 heteroatoms. The van der Waals surface area contributed by atoms with Gasteiger partial charge in [-0.25, -0.2) is 9.55 Å². The van der Waals surface area contributed by atoms with E-state index in [1.165, 1.54) is 0 Å². The molecule has 2 unspecified atom stereocenters. The summed E-state index contributed by atoms with van der Waals surface area (Å²) < 4.78 is 18.5. The largest absolute Gasteiger partial charge is 0.601 e. The van der Waals surface area contributed by atoms with Crippen molar-refractivity contribution in [2.45, 2.75) is 39.8 Å². The van der Waals surface area contributed by atoms with Crippen LogP contribution in [0.4, 0.5) is 17.5 Å². The lowest BCUT2D eigenvalue weighted by Crippen LogP contribution is -2.33. The summed E-state index contributed by atoms with van der Waals surface area (Å²) in [5.41, 5.74) is 1.79. The Morgan fingerprint density at radius 3 is 2.57 bits per heavy atom. The molecular weight excluding hydrogens is 518 g/mol. The van der Waals surface area contributed by atoms with Gasteiger partial charge in [0.15, 0.2) is 17.0 Å². The van der Waals surface area contributed by atoms with Crippen LogP contribution in [0, 0.1) is 5.92 Å². The van der Waals surface area contributed by atoms with Crippen molar-refractivity contribution < 1.29 is 28.9 Å². The topological polar surface area (TPSA) is 178 Å². The van der Waals surface area contributed by atoms with Crippen molar-refractivity contribution in [1.29, 1.82) is 0 Å². The van der Waals surface area contributed by atoms with Crippen molar-refractivity contribution in [3.8, 4) is 0 Å². The molecule has 0 aliphatic carbocycles. The Balaban J connectivity index is 1.97. The number of aromatic nitrogens is 4. The summed E-state index contributed by atoms with van der Waals surface area (Å²) in [7, 11) is -8.36. The number of rotatable bonds is 10. The summed E-state index contributed by atoms with van der Waals surface area (Å²) in [5.74, 6) is 0.504. The van der Waals surface area contributed by atoms with E-state index < -0.39 is 26.9 Å². The zero-order valence-electron chi connectivity index (χ0n) is 19.5. The van der Waals surface area contributed by atoms with E-state index in [4.69, 9.17) is 16.3 Å². The lowest BCUT2D eigenvalue weighted by Gasteiger charge is -2.22. The van der Waals surface area contributed by atoms with Gasteiger partial charge in [-0.3, -0.25) is 0 Å². The zero-order chi connectivity index (χ0) is 25.9. The third-order valence-corrected chi connectivity index (χ3v) is 7.60. The first kappa shape index (κ1) is 27.4. The summed E-state index contributed by atoms with van der Waals surface area (Å²) >= 11 is 6.11. The zero-order valence-corrected chi connectivity index (χ0v) is 22.0. The summed E-state index contributed by atoms with van der Waals surface area (Å²) in [5, 5.41) is 5.69. The summed E-state index contributed by atoms with van der Waals surface area (Å²) in [6, 6.07) is 6.61. The standard InChI is InChI=1S/C20H27ClN6O6P2/c1-11(2)15(9-33-20(34(28)29)35(30,31)32)24-19-25-17(23-14-7-5-6-13(21)8-14)16-18(26-19)27(10-22-16)12(3)4/h5-8,10-12,15H,9H2,1-4H3,(H,28,29)(H2,30,31,32)(H2,23,24,25,26). The minimum atomic E-state index is -5.02. The molecule has 0 bridgehead atoms. The van der Waals surface area contributed by atoms with Gasteiger partial charge in [-0.15, -0.1) is 0 Å². The first-order chi connectivity index (χ1) is 16.4. The molecule has 0 spiro atoms.